The largest absolute Gasteiger partial charge is 0.453 e. The average molecular weight is 260 g/mol. The van der Waals surface area contributed by atoms with E-state index in [0.29, 0.717) is 22.6 Å². The van der Waals surface area contributed by atoms with Gasteiger partial charge in [0.25, 0.3) is 0 Å². The lowest BCUT2D eigenvalue weighted by atomic mass is 9.80. The predicted molar refractivity (Wildman–Crippen MR) is 71.6 cm³/mol. The molecule has 2 unspecified atom stereocenters. The quantitative estimate of drug-likeness (QED) is 0.740. The van der Waals surface area contributed by atoms with E-state index in [9.17, 15) is 9.18 Å². The summed E-state index contributed by atoms with van der Waals surface area (Å²) in [5.74, 6) is 0.806. The molecule has 19 heavy (non-hydrogen) atoms. The molecule has 1 fully saturated rings. The highest BCUT2D eigenvalue weighted by Gasteiger charge is 2.27. The summed E-state index contributed by atoms with van der Waals surface area (Å²) < 4.78 is 18.7. The van der Waals surface area contributed by atoms with Crippen molar-refractivity contribution in [2.24, 2.45) is 11.8 Å². The van der Waals surface area contributed by atoms with E-state index in [1.165, 1.54) is 18.6 Å². The average Bonchev–Trinajstić information content (AvgIpc) is 2.80. The molecule has 1 aromatic carbocycles. The fourth-order valence-electron chi connectivity index (χ4n) is 3.01. The van der Waals surface area contributed by atoms with E-state index < -0.39 is 0 Å². The first kappa shape index (κ1) is 12.4. The Balaban J connectivity index is 1.88. The third kappa shape index (κ3) is 2.42. The number of carbonyl (C=O) groups excluding carboxylic acids is 1. The maximum absolute atomic E-state index is 13.1. The molecule has 2 nitrogen and oxygen atoms in total. The Kier molecular flexibility index (Phi) is 3.13. The fraction of sp³-hybridized carbons (Fsp3) is 0.438. The van der Waals surface area contributed by atoms with E-state index in [1.54, 1.807) is 12.1 Å². The molecule has 2 aromatic rings. The van der Waals surface area contributed by atoms with Crippen molar-refractivity contribution in [1.29, 1.82) is 0 Å². The fourth-order valence-corrected chi connectivity index (χ4v) is 3.01. The van der Waals surface area contributed by atoms with Gasteiger partial charge in [0.05, 0.1) is 0 Å². The Hall–Kier alpha value is -1.64. The molecule has 3 rings (SSSR count). The normalized spacial score (nSPS) is 23.7. The number of fused-ring (bicyclic) bond motifs is 1. The van der Waals surface area contributed by atoms with Gasteiger partial charge in [0, 0.05) is 11.3 Å². The topological polar surface area (TPSA) is 30.2 Å². The van der Waals surface area contributed by atoms with Gasteiger partial charge in [-0.15, -0.1) is 0 Å². The molecule has 0 N–H and O–H groups in total. The molecule has 0 amide bonds. The van der Waals surface area contributed by atoms with Crippen molar-refractivity contribution >= 4 is 16.8 Å². The zero-order chi connectivity index (χ0) is 13.4. The van der Waals surface area contributed by atoms with Crippen molar-refractivity contribution < 1.29 is 13.6 Å². The molecule has 1 aliphatic rings. The Bertz CT molecular complexity index is 614. The first-order valence-corrected chi connectivity index (χ1v) is 6.87. The van der Waals surface area contributed by atoms with Crippen molar-refractivity contribution in [2.45, 2.75) is 32.6 Å². The second-order valence-electron chi connectivity index (χ2n) is 5.63. The van der Waals surface area contributed by atoms with E-state index in [4.69, 9.17) is 4.42 Å². The second kappa shape index (κ2) is 4.80. The van der Waals surface area contributed by atoms with Crippen molar-refractivity contribution in [1.82, 2.24) is 0 Å². The molecule has 0 aliphatic heterocycles. The Labute approximate surface area is 111 Å². The molecule has 1 heterocycles. The summed E-state index contributed by atoms with van der Waals surface area (Å²) in [7, 11) is 0. The highest BCUT2D eigenvalue weighted by atomic mass is 19.1. The van der Waals surface area contributed by atoms with Crippen LogP contribution in [0.25, 0.3) is 11.0 Å². The summed E-state index contributed by atoms with van der Waals surface area (Å²) >= 11 is 0. The highest BCUT2D eigenvalue weighted by molar-refractivity contribution is 5.99. The molecule has 0 saturated heterocycles. The summed E-state index contributed by atoms with van der Waals surface area (Å²) in [6, 6.07) is 5.99. The number of carbonyl (C=O) groups is 1. The summed E-state index contributed by atoms with van der Waals surface area (Å²) in [6.45, 7) is 2.19. The van der Waals surface area contributed by atoms with Gasteiger partial charge in [-0.05, 0) is 43.0 Å². The van der Waals surface area contributed by atoms with E-state index in [-0.39, 0.29) is 17.5 Å². The van der Waals surface area contributed by atoms with Gasteiger partial charge in [-0.2, -0.15) is 0 Å². The van der Waals surface area contributed by atoms with Crippen molar-refractivity contribution in [2.75, 3.05) is 0 Å². The number of Topliss-reactive ketones (excluding diaryl/α,β-unsaturated/α-hetero) is 1. The van der Waals surface area contributed by atoms with Crippen molar-refractivity contribution in [3.05, 3.63) is 35.8 Å². The molecule has 1 aliphatic carbocycles. The minimum atomic E-state index is -0.307. The number of furan rings is 1. The molecule has 0 bridgehead atoms. The van der Waals surface area contributed by atoms with E-state index >= 15 is 0 Å². The lowest BCUT2D eigenvalue weighted by Gasteiger charge is -2.24. The lowest BCUT2D eigenvalue weighted by molar-refractivity contribution is 0.0841. The number of halogens is 1. The van der Waals surface area contributed by atoms with Gasteiger partial charge in [0.15, 0.2) is 5.76 Å². The monoisotopic (exact) mass is 260 g/mol. The Morgan fingerprint density at radius 1 is 1.32 bits per heavy atom. The lowest BCUT2D eigenvalue weighted by Crippen LogP contribution is -2.21. The third-order valence-electron chi connectivity index (χ3n) is 4.03. The number of ketones is 1. The van der Waals surface area contributed by atoms with Crippen molar-refractivity contribution in [3.63, 3.8) is 0 Å². The number of hydrogen-bond acceptors (Lipinski definition) is 2. The molecule has 0 spiro atoms. The molecule has 1 saturated carbocycles. The van der Waals surface area contributed by atoms with Crippen molar-refractivity contribution in [3.8, 4) is 0 Å². The van der Waals surface area contributed by atoms with Crippen LogP contribution in [0, 0.1) is 17.7 Å². The van der Waals surface area contributed by atoms with Crippen LogP contribution in [0.3, 0.4) is 0 Å². The zero-order valence-corrected chi connectivity index (χ0v) is 11.0. The summed E-state index contributed by atoms with van der Waals surface area (Å²) in [5.41, 5.74) is 0.577. The Morgan fingerprint density at radius 3 is 2.95 bits per heavy atom. The van der Waals surface area contributed by atoms with Crippen LogP contribution in [0.4, 0.5) is 4.39 Å². The van der Waals surface area contributed by atoms with Gasteiger partial charge in [0.2, 0.25) is 5.78 Å². The maximum Gasteiger partial charge on any atom is 0.201 e. The Morgan fingerprint density at radius 2 is 2.16 bits per heavy atom. The summed E-state index contributed by atoms with van der Waals surface area (Å²) in [5, 5.41) is 0.659. The third-order valence-corrected chi connectivity index (χ3v) is 4.03. The molecular weight excluding hydrogens is 243 g/mol. The van der Waals surface area contributed by atoms with E-state index in [2.05, 4.69) is 6.92 Å². The van der Waals surface area contributed by atoms with Gasteiger partial charge in [-0.3, -0.25) is 4.79 Å². The van der Waals surface area contributed by atoms with Gasteiger partial charge in [0.1, 0.15) is 11.4 Å². The van der Waals surface area contributed by atoms with Crippen LogP contribution in [0.2, 0.25) is 0 Å². The molecule has 2 atom stereocenters. The molecule has 1 aromatic heterocycles. The van der Waals surface area contributed by atoms with E-state index in [1.807, 2.05) is 0 Å². The van der Waals surface area contributed by atoms with Gasteiger partial charge >= 0.3 is 0 Å². The highest BCUT2D eigenvalue weighted by Crippen LogP contribution is 2.32. The summed E-state index contributed by atoms with van der Waals surface area (Å²) in [4.78, 5) is 12.4. The first-order valence-electron chi connectivity index (χ1n) is 6.87. The van der Waals surface area contributed by atoms with Crippen LogP contribution in [0.1, 0.15) is 43.2 Å². The molecule has 3 heteroatoms. The van der Waals surface area contributed by atoms with Gasteiger partial charge in [-0.1, -0.05) is 19.8 Å². The number of benzene rings is 1. The molecular formula is C16H17FO2. The minimum Gasteiger partial charge on any atom is -0.453 e. The van der Waals surface area contributed by atoms with Crippen LogP contribution < -0.4 is 0 Å². The van der Waals surface area contributed by atoms with E-state index in [0.717, 1.165) is 19.3 Å². The summed E-state index contributed by atoms with van der Waals surface area (Å²) in [6.07, 6.45) is 4.18. The van der Waals surface area contributed by atoms with Crippen LogP contribution >= 0.6 is 0 Å². The SMILES string of the molecule is CC1CCCC(C(=O)c2cc3cc(F)ccc3o2)C1. The van der Waals surface area contributed by atoms with Crippen LogP contribution in [0.15, 0.2) is 28.7 Å². The molecule has 0 radical (unpaired) electrons. The minimum absolute atomic E-state index is 0.0640. The second-order valence-corrected chi connectivity index (χ2v) is 5.63. The van der Waals surface area contributed by atoms with Crippen LogP contribution in [-0.4, -0.2) is 5.78 Å². The zero-order valence-electron chi connectivity index (χ0n) is 11.0. The van der Waals surface area contributed by atoms with Gasteiger partial charge in [-0.25, -0.2) is 4.39 Å². The predicted octanol–water partition coefficient (Wildman–Crippen LogP) is 4.58. The smallest absolute Gasteiger partial charge is 0.201 e. The van der Waals surface area contributed by atoms with Gasteiger partial charge < -0.3 is 4.42 Å². The number of rotatable bonds is 2. The molecule has 100 valence electrons. The standard InChI is InChI=1S/C16H17FO2/c1-10-3-2-4-11(7-10)16(18)15-9-12-8-13(17)5-6-14(12)19-15/h5-6,8-11H,2-4,7H2,1H3. The maximum atomic E-state index is 13.1. The number of hydrogen-bond donors (Lipinski definition) is 0. The van der Waals surface area contributed by atoms with Crippen LogP contribution in [-0.2, 0) is 0 Å². The van der Waals surface area contributed by atoms with Crippen LogP contribution in [0.5, 0.6) is 0 Å². The first-order chi connectivity index (χ1) is 9.13.